The molecular formula is C27H27FN2O2. The third kappa shape index (κ3) is 4.59. The molecule has 0 amide bonds. The first-order valence-electron chi connectivity index (χ1n) is 11.3. The smallest absolute Gasteiger partial charge is 0.150 e. The Morgan fingerprint density at radius 2 is 1.91 bits per heavy atom. The van der Waals surface area contributed by atoms with E-state index in [2.05, 4.69) is 5.10 Å². The van der Waals surface area contributed by atoms with Gasteiger partial charge in [-0.25, -0.2) is 9.07 Å². The van der Waals surface area contributed by atoms with Gasteiger partial charge in [0.2, 0.25) is 0 Å². The fourth-order valence-electron chi connectivity index (χ4n) is 4.25. The molecule has 1 fully saturated rings. The number of rotatable bonds is 7. The lowest BCUT2D eigenvalue weighted by molar-refractivity contribution is -0.0366. The minimum Gasteiger partial charge on any atom is -0.376 e. The molecule has 164 valence electrons. The number of halogens is 1. The molecule has 5 rings (SSSR count). The van der Waals surface area contributed by atoms with E-state index in [4.69, 9.17) is 9.47 Å². The maximum atomic E-state index is 15.0. The summed E-state index contributed by atoms with van der Waals surface area (Å²) < 4.78 is 28.6. The highest BCUT2D eigenvalue weighted by Crippen LogP contribution is 2.30. The third-order valence-electron chi connectivity index (χ3n) is 6.02. The zero-order valence-electron chi connectivity index (χ0n) is 18.0. The van der Waals surface area contributed by atoms with Crippen molar-refractivity contribution >= 4 is 10.9 Å². The molecule has 0 bridgehead atoms. The van der Waals surface area contributed by atoms with Gasteiger partial charge in [0.25, 0.3) is 0 Å². The van der Waals surface area contributed by atoms with Crippen LogP contribution in [0.5, 0.6) is 0 Å². The number of fused-ring (bicyclic) bond motifs is 1. The molecule has 1 saturated heterocycles. The average molecular weight is 431 g/mol. The first-order valence-corrected chi connectivity index (χ1v) is 11.3. The minimum atomic E-state index is -0.218. The summed E-state index contributed by atoms with van der Waals surface area (Å²) in [6.07, 6.45) is 5.67. The zero-order chi connectivity index (χ0) is 21.8. The summed E-state index contributed by atoms with van der Waals surface area (Å²) in [5.74, 6) is -0.218. The largest absolute Gasteiger partial charge is 0.376 e. The van der Waals surface area contributed by atoms with Crippen molar-refractivity contribution in [3.8, 4) is 11.1 Å². The van der Waals surface area contributed by atoms with Crippen molar-refractivity contribution in [1.82, 2.24) is 9.78 Å². The standard InChI is InChI=1S/C27H27FN2O2/c28-25-16-20(13-15-31-19-21-6-2-1-3-7-21)9-12-24(25)22-10-11-23-18-29-30(26(23)17-22)27-8-4-5-14-32-27/h1-3,6-7,9-12,16-18,27H,4-5,8,13-15,19H2. The van der Waals surface area contributed by atoms with Crippen molar-refractivity contribution in [2.75, 3.05) is 13.2 Å². The zero-order valence-corrected chi connectivity index (χ0v) is 18.0. The lowest BCUT2D eigenvalue weighted by Gasteiger charge is -2.23. The van der Waals surface area contributed by atoms with Crippen molar-refractivity contribution in [2.24, 2.45) is 0 Å². The van der Waals surface area contributed by atoms with Crippen LogP contribution >= 0.6 is 0 Å². The molecule has 1 atom stereocenters. The van der Waals surface area contributed by atoms with Gasteiger partial charge in [-0.2, -0.15) is 5.10 Å². The third-order valence-corrected chi connectivity index (χ3v) is 6.02. The summed E-state index contributed by atoms with van der Waals surface area (Å²) >= 11 is 0. The lowest BCUT2D eigenvalue weighted by atomic mass is 10.0. The van der Waals surface area contributed by atoms with E-state index in [1.165, 1.54) is 0 Å². The molecule has 5 heteroatoms. The van der Waals surface area contributed by atoms with Crippen LogP contribution < -0.4 is 0 Å². The summed E-state index contributed by atoms with van der Waals surface area (Å²) in [6.45, 7) is 1.89. The number of aromatic nitrogens is 2. The summed E-state index contributed by atoms with van der Waals surface area (Å²) in [7, 11) is 0. The fraction of sp³-hybridized carbons (Fsp3) is 0.296. The fourth-order valence-corrected chi connectivity index (χ4v) is 4.25. The van der Waals surface area contributed by atoms with E-state index in [0.717, 1.165) is 53.5 Å². The van der Waals surface area contributed by atoms with Crippen molar-refractivity contribution in [3.05, 3.63) is 89.9 Å². The molecule has 0 radical (unpaired) electrons. The maximum absolute atomic E-state index is 15.0. The van der Waals surface area contributed by atoms with Crippen LogP contribution in [0.4, 0.5) is 4.39 Å². The molecule has 4 nitrogen and oxygen atoms in total. The van der Waals surface area contributed by atoms with Gasteiger partial charge >= 0.3 is 0 Å². The minimum absolute atomic E-state index is 0.0420. The van der Waals surface area contributed by atoms with Crippen LogP contribution in [0.1, 0.15) is 36.6 Å². The number of ether oxygens (including phenoxy) is 2. The molecule has 32 heavy (non-hydrogen) atoms. The molecule has 0 aliphatic carbocycles. The van der Waals surface area contributed by atoms with Crippen molar-refractivity contribution in [3.63, 3.8) is 0 Å². The first-order chi connectivity index (χ1) is 15.8. The Morgan fingerprint density at radius 1 is 1.00 bits per heavy atom. The average Bonchev–Trinajstić information content (AvgIpc) is 3.26. The van der Waals surface area contributed by atoms with Gasteiger partial charge < -0.3 is 9.47 Å². The number of nitrogens with zero attached hydrogens (tertiary/aromatic N) is 2. The highest BCUT2D eigenvalue weighted by atomic mass is 19.1. The van der Waals surface area contributed by atoms with Crippen molar-refractivity contribution in [2.45, 2.75) is 38.5 Å². The quantitative estimate of drug-likeness (QED) is 0.323. The molecule has 1 unspecified atom stereocenters. The van der Waals surface area contributed by atoms with Crippen LogP contribution in [0, 0.1) is 5.82 Å². The molecule has 0 spiro atoms. The van der Waals surface area contributed by atoms with Gasteiger partial charge in [-0.3, -0.25) is 0 Å². The van der Waals surface area contributed by atoms with E-state index in [9.17, 15) is 0 Å². The Kier molecular flexibility index (Phi) is 6.28. The monoisotopic (exact) mass is 430 g/mol. The number of hydrogen-bond donors (Lipinski definition) is 0. The predicted octanol–water partition coefficient (Wildman–Crippen LogP) is 6.30. The van der Waals surface area contributed by atoms with E-state index in [1.807, 2.05) is 71.5 Å². The van der Waals surface area contributed by atoms with Crippen LogP contribution in [0.3, 0.4) is 0 Å². The molecule has 2 heterocycles. The number of hydrogen-bond acceptors (Lipinski definition) is 3. The predicted molar refractivity (Wildman–Crippen MR) is 124 cm³/mol. The second-order valence-corrected chi connectivity index (χ2v) is 8.29. The Balaban J connectivity index is 1.29. The van der Waals surface area contributed by atoms with Gasteiger partial charge in [0, 0.05) is 17.6 Å². The molecule has 4 aromatic rings. The first kappa shape index (κ1) is 20.9. The van der Waals surface area contributed by atoms with Gasteiger partial charge in [-0.1, -0.05) is 54.6 Å². The second kappa shape index (κ2) is 9.63. The molecule has 0 N–H and O–H groups in total. The Labute approximate surface area is 187 Å². The SMILES string of the molecule is Fc1cc(CCOCc2ccccc2)ccc1-c1ccc2cnn(C3CCCCO3)c2c1. The summed E-state index contributed by atoms with van der Waals surface area (Å²) in [4.78, 5) is 0. The normalized spacial score (nSPS) is 16.5. The molecule has 1 aromatic heterocycles. The topological polar surface area (TPSA) is 36.3 Å². The molecule has 1 aliphatic heterocycles. The van der Waals surface area contributed by atoms with E-state index in [0.29, 0.717) is 25.2 Å². The van der Waals surface area contributed by atoms with Crippen LogP contribution in [-0.4, -0.2) is 23.0 Å². The second-order valence-electron chi connectivity index (χ2n) is 8.29. The summed E-state index contributed by atoms with van der Waals surface area (Å²) in [5, 5.41) is 5.58. The van der Waals surface area contributed by atoms with Gasteiger partial charge in [0.1, 0.15) is 5.82 Å². The van der Waals surface area contributed by atoms with Crippen LogP contribution in [-0.2, 0) is 22.5 Å². The molecule has 3 aromatic carbocycles. The van der Waals surface area contributed by atoms with Gasteiger partial charge in [0.05, 0.1) is 24.9 Å². The summed E-state index contributed by atoms with van der Waals surface area (Å²) in [5.41, 5.74) is 4.49. The number of benzene rings is 3. The highest BCUT2D eigenvalue weighted by Gasteiger charge is 2.19. The van der Waals surface area contributed by atoms with E-state index >= 15 is 4.39 Å². The van der Waals surface area contributed by atoms with Crippen LogP contribution in [0.2, 0.25) is 0 Å². The molecule has 0 saturated carbocycles. The van der Waals surface area contributed by atoms with E-state index in [1.54, 1.807) is 6.07 Å². The Hall–Kier alpha value is -3.02. The van der Waals surface area contributed by atoms with E-state index in [-0.39, 0.29) is 12.0 Å². The lowest BCUT2D eigenvalue weighted by Crippen LogP contribution is -2.18. The van der Waals surface area contributed by atoms with E-state index < -0.39 is 0 Å². The van der Waals surface area contributed by atoms with Gasteiger partial charge in [-0.05, 0) is 54.5 Å². The maximum Gasteiger partial charge on any atom is 0.150 e. The van der Waals surface area contributed by atoms with Gasteiger partial charge in [-0.15, -0.1) is 0 Å². The van der Waals surface area contributed by atoms with Crippen molar-refractivity contribution in [1.29, 1.82) is 0 Å². The molecular weight excluding hydrogens is 403 g/mol. The van der Waals surface area contributed by atoms with Crippen LogP contribution in [0.25, 0.3) is 22.0 Å². The summed E-state index contributed by atoms with van der Waals surface area (Å²) in [6, 6.07) is 21.5. The highest BCUT2D eigenvalue weighted by molar-refractivity contribution is 5.84. The van der Waals surface area contributed by atoms with Gasteiger partial charge in [0.15, 0.2) is 6.23 Å². The molecule has 1 aliphatic rings. The van der Waals surface area contributed by atoms with Crippen molar-refractivity contribution < 1.29 is 13.9 Å². The van der Waals surface area contributed by atoms with Crippen LogP contribution in [0.15, 0.2) is 72.9 Å². The Bertz CT molecular complexity index is 1180. The Morgan fingerprint density at radius 3 is 2.72 bits per heavy atom.